The van der Waals surface area contributed by atoms with Gasteiger partial charge in [0.05, 0.1) is 27.4 Å². The molecule has 0 heterocycles. The minimum Gasteiger partial charge on any atom is -0.493 e. The van der Waals surface area contributed by atoms with E-state index in [4.69, 9.17) is 19.3 Å². The van der Waals surface area contributed by atoms with E-state index in [1.54, 1.807) is 0 Å². The second-order valence-corrected chi connectivity index (χ2v) is 8.62. The lowest BCUT2D eigenvalue weighted by Crippen LogP contribution is -2.27. The summed E-state index contributed by atoms with van der Waals surface area (Å²) in [7, 11) is 0.216. The molecule has 3 N–H and O–H groups in total. The molecule has 3 rings (SSSR count). The average Bonchev–Trinajstić information content (AvgIpc) is 2.95. The minimum absolute atomic E-state index is 0.283. The van der Waals surface area contributed by atoms with Gasteiger partial charge in [-0.3, -0.25) is 9.59 Å². The van der Waals surface area contributed by atoms with Gasteiger partial charge in [-0.05, 0) is 47.7 Å². The van der Waals surface area contributed by atoms with Gasteiger partial charge in [-0.15, -0.1) is 0 Å². The fourth-order valence-corrected chi connectivity index (χ4v) is 4.53. The van der Waals surface area contributed by atoms with Gasteiger partial charge in [0, 0.05) is 12.5 Å². The van der Waals surface area contributed by atoms with Crippen LogP contribution in [0, 0.1) is 0 Å². The number of carbonyl (C=O) groups excluding carboxylic acids is 1. The van der Waals surface area contributed by atoms with E-state index in [0.29, 0.717) is 46.8 Å². The Morgan fingerprint density at radius 2 is 1.77 bits per heavy atom. The smallest absolute Gasteiger partial charge is 0.241 e. The third kappa shape index (κ3) is 4.21. The SMILES string of the molecule is COc1cc2c(c(OC)c1OC)-c1ccc(S(N)(=O)=O)c(=O)cc1[C@@H](NC(C)=O)CC2. The van der Waals surface area contributed by atoms with Gasteiger partial charge in [0.2, 0.25) is 21.7 Å². The zero-order chi connectivity index (χ0) is 22.9. The van der Waals surface area contributed by atoms with Crippen LogP contribution in [-0.2, 0) is 21.2 Å². The molecule has 0 aliphatic heterocycles. The molecule has 1 aliphatic rings. The van der Waals surface area contributed by atoms with Crippen molar-refractivity contribution < 1.29 is 27.4 Å². The molecule has 10 heteroatoms. The van der Waals surface area contributed by atoms with Gasteiger partial charge in [-0.25, -0.2) is 13.6 Å². The first-order valence-electron chi connectivity index (χ1n) is 9.42. The van der Waals surface area contributed by atoms with Crippen molar-refractivity contribution in [2.24, 2.45) is 5.14 Å². The van der Waals surface area contributed by atoms with Crippen LogP contribution in [0.1, 0.15) is 30.5 Å². The van der Waals surface area contributed by atoms with E-state index in [0.717, 1.165) is 5.56 Å². The Balaban J connectivity index is 2.47. The zero-order valence-electron chi connectivity index (χ0n) is 17.6. The van der Waals surface area contributed by atoms with E-state index in [2.05, 4.69) is 5.32 Å². The lowest BCUT2D eigenvalue weighted by Gasteiger charge is -2.19. The lowest BCUT2D eigenvalue weighted by molar-refractivity contribution is -0.119. The minimum atomic E-state index is -4.25. The summed E-state index contributed by atoms with van der Waals surface area (Å²) in [4.78, 5) is 24.0. The summed E-state index contributed by atoms with van der Waals surface area (Å²) in [5.74, 6) is 0.910. The number of rotatable bonds is 5. The van der Waals surface area contributed by atoms with Gasteiger partial charge < -0.3 is 19.5 Å². The first kappa shape index (κ1) is 22.6. The van der Waals surface area contributed by atoms with Crippen LogP contribution < -0.4 is 30.1 Å². The van der Waals surface area contributed by atoms with Crippen LogP contribution >= 0.6 is 0 Å². The number of primary sulfonamides is 1. The van der Waals surface area contributed by atoms with Crippen molar-refractivity contribution in [2.45, 2.75) is 30.7 Å². The van der Waals surface area contributed by atoms with Crippen LogP contribution in [0.2, 0.25) is 0 Å². The van der Waals surface area contributed by atoms with Gasteiger partial charge in [-0.2, -0.15) is 0 Å². The van der Waals surface area contributed by atoms with Crippen molar-refractivity contribution in [3.8, 4) is 28.4 Å². The molecule has 1 aliphatic carbocycles. The third-order valence-electron chi connectivity index (χ3n) is 5.18. The van der Waals surface area contributed by atoms with E-state index >= 15 is 0 Å². The number of carbonyl (C=O) groups is 1. The van der Waals surface area contributed by atoms with Crippen molar-refractivity contribution in [1.29, 1.82) is 0 Å². The van der Waals surface area contributed by atoms with Gasteiger partial charge in [0.1, 0.15) is 4.90 Å². The Morgan fingerprint density at radius 3 is 2.32 bits per heavy atom. The molecule has 9 nitrogen and oxygen atoms in total. The van der Waals surface area contributed by atoms with Crippen molar-refractivity contribution >= 4 is 15.9 Å². The van der Waals surface area contributed by atoms with Crippen molar-refractivity contribution in [3.63, 3.8) is 0 Å². The molecule has 0 radical (unpaired) electrons. The van der Waals surface area contributed by atoms with E-state index in [-0.39, 0.29) is 5.91 Å². The predicted octanol–water partition coefficient (Wildman–Crippen LogP) is 1.51. The standard InChI is InChI=1S/C21H24N2O7S/c1-11(24)23-15-7-5-12-9-17(28-2)20(29-3)21(30-4)19(12)13-6-8-18(31(22,26)27)16(25)10-14(13)15/h6,8-10,15H,5,7H2,1-4H3,(H,23,24)(H2,22,26,27)/t15-/m0/s1. The summed E-state index contributed by atoms with van der Waals surface area (Å²) >= 11 is 0. The summed E-state index contributed by atoms with van der Waals surface area (Å²) in [5.41, 5.74) is 1.68. The second kappa shape index (κ2) is 8.56. The summed E-state index contributed by atoms with van der Waals surface area (Å²) in [5, 5.41) is 8.08. The van der Waals surface area contributed by atoms with Crippen LogP contribution in [0.3, 0.4) is 0 Å². The first-order valence-corrected chi connectivity index (χ1v) is 11.0. The predicted molar refractivity (Wildman–Crippen MR) is 114 cm³/mol. The number of sulfonamides is 1. The Morgan fingerprint density at radius 1 is 1.10 bits per heavy atom. The molecular formula is C21H24N2O7S. The molecule has 0 aromatic heterocycles. The van der Waals surface area contributed by atoms with Crippen LogP contribution in [-0.4, -0.2) is 35.7 Å². The highest BCUT2D eigenvalue weighted by molar-refractivity contribution is 7.89. The average molecular weight is 448 g/mol. The topological polar surface area (TPSA) is 134 Å². The molecule has 0 bridgehead atoms. The van der Waals surface area contributed by atoms with E-state index < -0.39 is 26.4 Å². The molecule has 0 fully saturated rings. The normalized spacial score (nSPS) is 15.2. The highest BCUT2D eigenvalue weighted by Crippen LogP contribution is 2.50. The van der Waals surface area contributed by atoms with Gasteiger partial charge >= 0.3 is 0 Å². The summed E-state index contributed by atoms with van der Waals surface area (Å²) < 4.78 is 40.5. The third-order valence-corrected chi connectivity index (χ3v) is 6.13. The van der Waals surface area contributed by atoms with Gasteiger partial charge in [-0.1, -0.05) is 6.07 Å². The van der Waals surface area contributed by atoms with Crippen LogP contribution in [0.15, 0.2) is 34.0 Å². The number of fused-ring (bicyclic) bond motifs is 3. The number of ether oxygens (including phenoxy) is 3. The molecule has 31 heavy (non-hydrogen) atoms. The molecule has 1 amide bonds. The molecule has 1 atom stereocenters. The molecule has 2 aromatic rings. The highest BCUT2D eigenvalue weighted by Gasteiger charge is 2.29. The molecule has 0 unspecified atom stereocenters. The molecular weight excluding hydrogens is 424 g/mol. The van der Waals surface area contributed by atoms with Gasteiger partial charge in [0.15, 0.2) is 16.9 Å². The maximum Gasteiger partial charge on any atom is 0.241 e. The fourth-order valence-electron chi connectivity index (χ4n) is 3.93. The summed E-state index contributed by atoms with van der Waals surface area (Å²) in [6.07, 6.45) is 0.998. The molecule has 0 saturated heterocycles. The molecule has 0 spiro atoms. The number of nitrogens with one attached hydrogen (secondary N) is 1. The number of amides is 1. The van der Waals surface area contributed by atoms with E-state index in [1.807, 2.05) is 6.07 Å². The first-order chi connectivity index (χ1) is 14.6. The van der Waals surface area contributed by atoms with E-state index in [1.165, 1.54) is 46.5 Å². The molecule has 0 saturated carbocycles. The van der Waals surface area contributed by atoms with Gasteiger partial charge in [0.25, 0.3) is 0 Å². The van der Waals surface area contributed by atoms with Crippen LogP contribution in [0.4, 0.5) is 0 Å². The number of hydrogen-bond donors (Lipinski definition) is 2. The Bertz CT molecular complexity index is 1210. The lowest BCUT2D eigenvalue weighted by atomic mass is 9.95. The fraction of sp³-hybridized carbons (Fsp3) is 0.333. The highest BCUT2D eigenvalue weighted by atomic mass is 32.2. The maximum absolute atomic E-state index is 12.7. The number of aryl methyl sites for hydroxylation is 1. The monoisotopic (exact) mass is 448 g/mol. The second-order valence-electron chi connectivity index (χ2n) is 7.09. The Labute approximate surface area is 180 Å². The van der Waals surface area contributed by atoms with Crippen LogP contribution in [0.25, 0.3) is 11.1 Å². The molecule has 2 aromatic carbocycles. The number of hydrogen-bond acceptors (Lipinski definition) is 7. The van der Waals surface area contributed by atoms with Crippen LogP contribution in [0.5, 0.6) is 17.2 Å². The maximum atomic E-state index is 12.7. The van der Waals surface area contributed by atoms with Crippen molar-refractivity contribution in [2.75, 3.05) is 21.3 Å². The summed E-state index contributed by atoms with van der Waals surface area (Å²) in [6, 6.07) is 5.16. The van der Waals surface area contributed by atoms with E-state index in [9.17, 15) is 18.0 Å². The quantitative estimate of drug-likeness (QED) is 0.708. The number of nitrogens with two attached hydrogens (primary N) is 1. The largest absolute Gasteiger partial charge is 0.493 e. The molecule has 166 valence electrons. The zero-order valence-corrected chi connectivity index (χ0v) is 18.5. The number of benzene rings is 1. The van der Waals surface area contributed by atoms with Crippen molar-refractivity contribution in [1.82, 2.24) is 5.32 Å². The van der Waals surface area contributed by atoms with Crippen molar-refractivity contribution in [3.05, 3.63) is 45.6 Å². The number of methoxy groups -OCH3 is 3. The Kier molecular flexibility index (Phi) is 6.23. The Hall–Kier alpha value is -3.11. The summed E-state index contributed by atoms with van der Waals surface area (Å²) in [6.45, 7) is 1.38.